The van der Waals surface area contributed by atoms with Crippen LogP contribution in [0.2, 0.25) is 5.02 Å². The van der Waals surface area contributed by atoms with Crippen molar-refractivity contribution in [3.8, 4) is 0 Å². The molecule has 43 heavy (non-hydrogen) atoms. The highest BCUT2D eigenvalue weighted by atomic mass is 35.5. The van der Waals surface area contributed by atoms with Gasteiger partial charge in [0.15, 0.2) is 0 Å². The maximum atomic E-state index is 13.7. The number of nitro benzene ring substituents is 1. The molecule has 0 bridgehead atoms. The zero-order valence-corrected chi connectivity index (χ0v) is 24.6. The average Bonchev–Trinajstić information content (AvgIpc) is 3.18. The van der Waals surface area contributed by atoms with Gasteiger partial charge in [-0.3, -0.25) is 19.9 Å². The Bertz CT molecular complexity index is 1900. The van der Waals surface area contributed by atoms with Crippen LogP contribution in [0.1, 0.15) is 45.6 Å². The van der Waals surface area contributed by atoms with Gasteiger partial charge >= 0.3 is 0 Å². The molecule has 0 radical (unpaired) electrons. The normalized spacial score (nSPS) is 15.3. The van der Waals surface area contributed by atoms with E-state index in [1.54, 1.807) is 18.3 Å². The predicted molar refractivity (Wildman–Crippen MR) is 165 cm³/mol. The van der Waals surface area contributed by atoms with Crippen molar-refractivity contribution in [2.75, 3.05) is 18.4 Å². The van der Waals surface area contributed by atoms with Crippen LogP contribution in [0, 0.1) is 10.1 Å². The van der Waals surface area contributed by atoms with E-state index in [0.717, 1.165) is 46.4 Å². The minimum Gasteiger partial charge on any atom is -0.322 e. The van der Waals surface area contributed by atoms with Crippen molar-refractivity contribution in [3.63, 3.8) is 0 Å². The maximum Gasteiger partial charge on any atom is 0.270 e. The molecule has 1 fully saturated rings. The topological polar surface area (TPSA) is 123 Å². The second-order valence-electron chi connectivity index (χ2n) is 10.5. The number of nitro groups is 1. The van der Waals surface area contributed by atoms with Crippen LogP contribution in [0.4, 0.5) is 11.4 Å². The summed E-state index contributed by atoms with van der Waals surface area (Å²) in [5.74, 6) is -0.577. The first kappa shape index (κ1) is 28.7. The van der Waals surface area contributed by atoms with Crippen LogP contribution in [0.15, 0.2) is 95.5 Å². The third-order valence-electron chi connectivity index (χ3n) is 7.86. The SMILES string of the molecule is O=C(Nc1cccc(S(=O)(=O)N2CCC(=C3c4ccc(Cl)cc4CCc4cccnc43)CC2)c1)c1cccc([N+](=O)[O-])c1. The Morgan fingerprint density at radius 2 is 1.67 bits per heavy atom. The third kappa shape index (κ3) is 5.81. The number of anilines is 1. The summed E-state index contributed by atoms with van der Waals surface area (Å²) in [4.78, 5) is 28.1. The van der Waals surface area contributed by atoms with E-state index in [1.807, 2.05) is 24.3 Å². The zero-order chi connectivity index (χ0) is 30.1. The van der Waals surface area contributed by atoms with Crippen molar-refractivity contribution in [1.29, 1.82) is 0 Å². The molecule has 1 aliphatic heterocycles. The fourth-order valence-corrected chi connectivity index (χ4v) is 7.41. The van der Waals surface area contributed by atoms with E-state index in [4.69, 9.17) is 16.6 Å². The van der Waals surface area contributed by atoms with Gasteiger partial charge in [0.05, 0.1) is 15.5 Å². The number of nitrogens with one attached hydrogen (secondary N) is 1. The lowest BCUT2D eigenvalue weighted by Gasteiger charge is -2.30. The third-order valence-corrected chi connectivity index (χ3v) is 9.99. The van der Waals surface area contributed by atoms with Gasteiger partial charge < -0.3 is 5.32 Å². The number of halogens is 1. The number of aryl methyl sites for hydroxylation is 2. The van der Waals surface area contributed by atoms with Gasteiger partial charge in [-0.2, -0.15) is 4.31 Å². The maximum absolute atomic E-state index is 13.7. The number of benzene rings is 3. The van der Waals surface area contributed by atoms with Crippen molar-refractivity contribution in [1.82, 2.24) is 9.29 Å². The fourth-order valence-electron chi connectivity index (χ4n) is 5.73. The lowest BCUT2D eigenvalue weighted by Crippen LogP contribution is -2.36. The van der Waals surface area contributed by atoms with Crippen LogP contribution in [0.5, 0.6) is 0 Å². The number of non-ortho nitro benzene ring substituents is 1. The lowest BCUT2D eigenvalue weighted by molar-refractivity contribution is -0.384. The zero-order valence-electron chi connectivity index (χ0n) is 23.0. The van der Waals surface area contributed by atoms with Crippen LogP contribution in [0.25, 0.3) is 5.57 Å². The van der Waals surface area contributed by atoms with E-state index in [9.17, 15) is 23.3 Å². The van der Waals surface area contributed by atoms with Crippen molar-refractivity contribution in [2.45, 2.75) is 30.6 Å². The quantitative estimate of drug-likeness (QED) is 0.208. The van der Waals surface area contributed by atoms with Crippen molar-refractivity contribution in [2.24, 2.45) is 0 Å². The molecule has 218 valence electrons. The summed E-state index contributed by atoms with van der Waals surface area (Å²) in [6, 6.07) is 21.4. The summed E-state index contributed by atoms with van der Waals surface area (Å²) >= 11 is 6.34. The van der Waals surface area contributed by atoms with Crippen molar-refractivity contribution >= 4 is 44.5 Å². The number of hydrogen-bond donors (Lipinski definition) is 1. The van der Waals surface area contributed by atoms with E-state index in [-0.39, 0.29) is 21.8 Å². The molecule has 1 N–H and O–H groups in total. The molecule has 11 heteroatoms. The molecule has 1 aliphatic carbocycles. The number of aromatic nitrogens is 1. The summed E-state index contributed by atoms with van der Waals surface area (Å²) < 4.78 is 28.8. The lowest BCUT2D eigenvalue weighted by atomic mass is 9.89. The van der Waals surface area contributed by atoms with Crippen LogP contribution in [0.3, 0.4) is 0 Å². The molecule has 0 unspecified atom stereocenters. The number of piperidine rings is 1. The molecule has 4 aromatic rings. The average molecular weight is 615 g/mol. The second-order valence-corrected chi connectivity index (χ2v) is 12.9. The van der Waals surface area contributed by atoms with Crippen LogP contribution < -0.4 is 5.32 Å². The first-order valence-electron chi connectivity index (χ1n) is 13.8. The molecule has 2 heterocycles. The summed E-state index contributed by atoms with van der Waals surface area (Å²) in [5.41, 5.74) is 6.76. The molecule has 6 rings (SSSR count). The standard InChI is InChI=1S/C32H27ClN4O5S/c33-25-11-12-29-23(18-25)10-9-22-5-3-15-34-31(22)30(29)21-13-16-36(17-14-21)43(41,42)28-8-2-6-26(20-28)35-32(38)24-4-1-7-27(19-24)37(39)40/h1-8,11-12,15,18-20H,9-10,13-14,16-17H2,(H,35,38). The van der Waals surface area contributed by atoms with Crippen LogP contribution in [-0.2, 0) is 22.9 Å². The van der Waals surface area contributed by atoms with Gasteiger partial charge in [0.25, 0.3) is 11.6 Å². The Morgan fingerprint density at radius 1 is 0.907 bits per heavy atom. The number of nitrogens with zero attached hydrogens (tertiary/aromatic N) is 3. The van der Waals surface area contributed by atoms with Gasteiger partial charge in [-0.25, -0.2) is 8.42 Å². The molecular formula is C32H27ClN4O5S. The van der Waals surface area contributed by atoms with E-state index in [0.29, 0.717) is 31.0 Å². The van der Waals surface area contributed by atoms with Crippen LogP contribution >= 0.6 is 11.6 Å². The van der Waals surface area contributed by atoms with Gasteiger partial charge in [0.1, 0.15) is 0 Å². The molecule has 2 aliphatic rings. The largest absolute Gasteiger partial charge is 0.322 e. The monoisotopic (exact) mass is 614 g/mol. The van der Waals surface area contributed by atoms with Gasteiger partial charge in [0.2, 0.25) is 10.0 Å². The Kier molecular flexibility index (Phi) is 7.83. The Morgan fingerprint density at radius 3 is 2.47 bits per heavy atom. The Labute approximate surface area is 254 Å². The highest BCUT2D eigenvalue weighted by molar-refractivity contribution is 7.89. The molecule has 3 aromatic carbocycles. The van der Waals surface area contributed by atoms with Crippen molar-refractivity contribution < 1.29 is 18.1 Å². The molecule has 9 nitrogen and oxygen atoms in total. The summed E-state index contributed by atoms with van der Waals surface area (Å²) in [5, 5.41) is 14.4. The van der Waals surface area contributed by atoms with Gasteiger partial charge in [0, 0.05) is 53.3 Å². The van der Waals surface area contributed by atoms with E-state index in [2.05, 4.69) is 11.4 Å². The molecule has 0 atom stereocenters. The minimum absolute atomic E-state index is 0.0573. The summed E-state index contributed by atoms with van der Waals surface area (Å²) in [7, 11) is -3.85. The Hall–Kier alpha value is -4.38. The number of amides is 1. The number of carbonyl (C=O) groups excluding carboxylic acids is 1. The number of hydrogen-bond acceptors (Lipinski definition) is 6. The molecule has 0 spiro atoms. The Balaban J connectivity index is 1.24. The summed E-state index contributed by atoms with van der Waals surface area (Å²) in [6.07, 6.45) is 4.60. The first-order chi connectivity index (χ1) is 20.7. The van der Waals surface area contributed by atoms with E-state index < -0.39 is 20.9 Å². The number of rotatable bonds is 5. The van der Waals surface area contributed by atoms with E-state index in [1.165, 1.54) is 40.7 Å². The minimum atomic E-state index is -3.85. The highest BCUT2D eigenvalue weighted by Crippen LogP contribution is 2.39. The molecule has 1 aromatic heterocycles. The fraction of sp³-hybridized carbons (Fsp3) is 0.188. The predicted octanol–water partition coefficient (Wildman–Crippen LogP) is 6.28. The molecule has 0 saturated carbocycles. The molecule has 1 saturated heterocycles. The van der Waals surface area contributed by atoms with Gasteiger partial charge in [-0.1, -0.05) is 41.4 Å². The number of carbonyl (C=O) groups is 1. The second kappa shape index (κ2) is 11.7. The van der Waals surface area contributed by atoms with Gasteiger partial charge in [-0.15, -0.1) is 0 Å². The van der Waals surface area contributed by atoms with Crippen molar-refractivity contribution in [3.05, 3.63) is 134 Å². The molecular weight excluding hydrogens is 588 g/mol. The van der Waals surface area contributed by atoms with E-state index >= 15 is 0 Å². The first-order valence-corrected chi connectivity index (χ1v) is 15.6. The highest BCUT2D eigenvalue weighted by Gasteiger charge is 2.31. The number of sulfonamides is 1. The smallest absolute Gasteiger partial charge is 0.270 e. The van der Waals surface area contributed by atoms with Gasteiger partial charge in [-0.05, 0) is 84.8 Å². The summed E-state index contributed by atoms with van der Waals surface area (Å²) in [6.45, 7) is 0.604. The number of fused-ring (bicyclic) bond motifs is 2. The van der Waals surface area contributed by atoms with Crippen LogP contribution in [-0.4, -0.2) is 41.6 Å². The number of pyridine rings is 1. The molecule has 1 amide bonds.